The summed E-state index contributed by atoms with van der Waals surface area (Å²) in [6.45, 7) is 0. The Morgan fingerprint density at radius 2 is 2.09 bits per heavy atom. The van der Waals surface area contributed by atoms with Gasteiger partial charge in [-0.3, -0.25) is 0 Å². The van der Waals surface area contributed by atoms with Crippen LogP contribution in [-0.2, 0) is 0 Å². The Morgan fingerprint density at radius 3 is 3.00 bits per heavy atom. The zero-order valence-electron chi connectivity index (χ0n) is 12.3. The SMILES string of the molecule is c1cc2ccc(Nc3nc(NC4CC4)c4occc4n3)cc2[nH]1. The number of aromatic nitrogens is 3. The van der Waals surface area contributed by atoms with E-state index in [4.69, 9.17) is 4.42 Å². The molecule has 0 radical (unpaired) electrons. The molecular formula is C17H15N5O. The highest BCUT2D eigenvalue weighted by Crippen LogP contribution is 2.30. The molecule has 1 aromatic carbocycles. The number of H-pyrrole nitrogens is 1. The molecule has 0 amide bonds. The molecule has 5 rings (SSSR count). The van der Waals surface area contributed by atoms with Crippen LogP contribution in [0.2, 0.25) is 0 Å². The quantitative estimate of drug-likeness (QED) is 0.530. The molecule has 3 N–H and O–H groups in total. The highest BCUT2D eigenvalue weighted by Gasteiger charge is 2.23. The first kappa shape index (κ1) is 12.5. The van der Waals surface area contributed by atoms with E-state index in [1.165, 1.54) is 18.2 Å². The van der Waals surface area contributed by atoms with E-state index in [0.29, 0.717) is 17.6 Å². The summed E-state index contributed by atoms with van der Waals surface area (Å²) in [5.41, 5.74) is 3.53. The molecule has 0 saturated heterocycles. The molecule has 0 aliphatic heterocycles. The van der Waals surface area contributed by atoms with Gasteiger partial charge in [0.1, 0.15) is 5.52 Å². The molecule has 0 spiro atoms. The summed E-state index contributed by atoms with van der Waals surface area (Å²) in [7, 11) is 0. The molecule has 1 saturated carbocycles. The monoisotopic (exact) mass is 305 g/mol. The Bertz CT molecular complexity index is 998. The first-order valence-electron chi connectivity index (χ1n) is 7.71. The molecule has 4 aromatic rings. The summed E-state index contributed by atoms with van der Waals surface area (Å²) in [6, 6.07) is 10.5. The lowest BCUT2D eigenvalue weighted by molar-refractivity contribution is 0.614. The van der Waals surface area contributed by atoms with Crippen molar-refractivity contribution >= 4 is 39.5 Å². The van der Waals surface area contributed by atoms with Crippen molar-refractivity contribution in [3.63, 3.8) is 0 Å². The zero-order valence-corrected chi connectivity index (χ0v) is 12.3. The van der Waals surface area contributed by atoms with Gasteiger partial charge in [-0.1, -0.05) is 6.07 Å². The van der Waals surface area contributed by atoms with E-state index in [9.17, 15) is 0 Å². The van der Waals surface area contributed by atoms with Gasteiger partial charge in [0.15, 0.2) is 11.4 Å². The lowest BCUT2D eigenvalue weighted by atomic mass is 10.2. The van der Waals surface area contributed by atoms with E-state index < -0.39 is 0 Å². The largest absolute Gasteiger partial charge is 0.459 e. The van der Waals surface area contributed by atoms with Crippen molar-refractivity contribution in [2.24, 2.45) is 0 Å². The smallest absolute Gasteiger partial charge is 0.229 e. The van der Waals surface area contributed by atoms with Crippen LogP contribution in [0.25, 0.3) is 22.0 Å². The molecule has 3 heterocycles. The highest BCUT2D eigenvalue weighted by atomic mass is 16.3. The maximum Gasteiger partial charge on any atom is 0.229 e. The van der Waals surface area contributed by atoms with Gasteiger partial charge in [0, 0.05) is 29.5 Å². The summed E-state index contributed by atoms with van der Waals surface area (Å²) >= 11 is 0. The average molecular weight is 305 g/mol. The van der Waals surface area contributed by atoms with Crippen LogP contribution < -0.4 is 10.6 Å². The molecule has 1 aliphatic rings. The molecule has 1 aliphatic carbocycles. The second-order valence-corrected chi connectivity index (χ2v) is 5.85. The number of nitrogens with zero attached hydrogens (tertiary/aromatic N) is 2. The maximum absolute atomic E-state index is 5.51. The highest BCUT2D eigenvalue weighted by molar-refractivity contribution is 5.86. The number of benzene rings is 1. The fourth-order valence-corrected chi connectivity index (χ4v) is 2.69. The predicted octanol–water partition coefficient (Wildman–Crippen LogP) is 4.02. The van der Waals surface area contributed by atoms with Crippen molar-refractivity contribution in [1.82, 2.24) is 15.0 Å². The number of furan rings is 1. The predicted molar refractivity (Wildman–Crippen MR) is 90.0 cm³/mol. The first-order chi connectivity index (χ1) is 11.3. The number of hydrogen-bond donors (Lipinski definition) is 3. The third-order valence-corrected chi connectivity index (χ3v) is 4.03. The molecule has 3 aromatic heterocycles. The van der Waals surface area contributed by atoms with E-state index in [2.05, 4.69) is 31.7 Å². The van der Waals surface area contributed by atoms with Gasteiger partial charge in [0.2, 0.25) is 5.95 Å². The van der Waals surface area contributed by atoms with Crippen molar-refractivity contribution < 1.29 is 4.42 Å². The van der Waals surface area contributed by atoms with E-state index in [1.54, 1.807) is 6.26 Å². The van der Waals surface area contributed by atoms with Crippen LogP contribution in [-0.4, -0.2) is 21.0 Å². The Kier molecular flexibility index (Phi) is 2.58. The molecule has 23 heavy (non-hydrogen) atoms. The van der Waals surface area contributed by atoms with E-state index in [1.807, 2.05) is 30.5 Å². The van der Waals surface area contributed by atoms with Crippen LogP contribution in [0.4, 0.5) is 17.5 Å². The minimum absolute atomic E-state index is 0.501. The van der Waals surface area contributed by atoms with Crippen molar-refractivity contribution in [3.8, 4) is 0 Å². The lowest BCUT2D eigenvalue weighted by Crippen LogP contribution is -2.06. The van der Waals surface area contributed by atoms with Crippen molar-refractivity contribution in [3.05, 3.63) is 42.8 Å². The normalized spacial score (nSPS) is 14.4. The Balaban J connectivity index is 1.53. The second kappa shape index (κ2) is 4.74. The average Bonchev–Trinajstić information content (AvgIpc) is 3.06. The third-order valence-electron chi connectivity index (χ3n) is 4.03. The van der Waals surface area contributed by atoms with E-state index in [-0.39, 0.29) is 0 Å². The van der Waals surface area contributed by atoms with Crippen LogP contribution in [0.1, 0.15) is 12.8 Å². The number of fused-ring (bicyclic) bond motifs is 2. The minimum atomic E-state index is 0.501. The fraction of sp³-hybridized carbons (Fsp3) is 0.176. The topological polar surface area (TPSA) is 78.8 Å². The Labute approximate surface area is 131 Å². The zero-order chi connectivity index (χ0) is 15.2. The standard InChI is InChI=1S/C17H15N5O/c1-2-12(9-14-10(1)5-7-18-14)20-17-21-13-6-8-23-15(13)16(22-17)19-11-3-4-11/h1-2,5-9,11,18H,3-4H2,(H2,19,20,21,22). The van der Waals surface area contributed by atoms with Crippen LogP contribution in [0.15, 0.2) is 47.2 Å². The number of hydrogen-bond acceptors (Lipinski definition) is 5. The van der Waals surface area contributed by atoms with Gasteiger partial charge >= 0.3 is 0 Å². The van der Waals surface area contributed by atoms with Crippen LogP contribution in [0.5, 0.6) is 0 Å². The summed E-state index contributed by atoms with van der Waals surface area (Å²) in [6.07, 6.45) is 5.93. The summed E-state index contributed by atoms with van der Waals surface area (Å²) in [5, 5.41) is 7.86. The number of rotatable bonds is 4. The van der Waals surface area contributed by atoms with Crippen LogP contribution >= 0.6 is 0 Å². The molecular weight excluding hydrogens is 290 g/mol. The minimum Gasteiger partial charge on any atom is -0.459 e. The Hall–Kier alpha value is -3.02. The summed E-state index contributed by atoms with van der Waals surface area (Å²) in [5.74, 6) is 1.32. The third kappa shape index (κ3) is 2.28. The molecule has 0 bridgehead atoms. The van der Waals surface area contributed by atoms with E-state index in [0.717, 1.165) is 22.5 Å². The number of aromatic amines is 1. The van der Waals surface area contributed by atoms with Gasteiger partial charge in [-0.2, -0.15) is 4.98 Å². The molecule has 0 atom stereocenters. The molecule has 0 unspecified atom stereocenters. The maximum atomic E-state index is 5.51. The van der Waals surface area contributed by atoms with Gasteiger partial charge in [-0.15, -0.1) is 0 Å². The number of anilines is 3. The molecule has 6 heteroatoms. The van der Waals surface area contributed by atoms with E-state index >= 15 is 0 Å². The van der Waals surface area contributed by atoms with Crippen LogP contribution in [0, 0.1) is 0 Å². The van der Waals surface area contributed by atoms with Gasteiger partial charge in [-0.25, -0.2) is 4.98 Å². The molecule has 1 fully saturated rings. The lowest BCUT2D eigenvalue weighted by Gasteiger charge is -2.09. The van der Waals surface area contributed by atoms with Crippen LogP contribution in [0.3, 0.4) is 0 Å². The summed E-state index contributed by atoms with van der Waals surface area (Å²) < 4.78 is 5.51. The van der Waals surface area contributed by atoms with Gasteiger partial charge in [0.25, 0.3) is 0 Å². The molecule has 6 nitrogen and oxygen atoms in total. The van der Waals surface area contributed by atoms with Crippen molar-refractivity contribution in [2.75, 3.05) is 10.6 Å². The van der Waals surface area contributed by atoms with Gasteiger partial charge in [0.05, 0.1) is 6.26 Å². The molecule has 114 valence electrons. The van der Waals surface area contributed by atoms with Gasteiger partial charge < -0.3 is 20.0 Å². The Morgan fingerprint density at radius 1 is 1.13 bits per heavy atom. The summed E-state index contributed by atoms with van der Waals surface area (Å²) in [4.78, 5) is 12.3. The fourth-order valence-electron chi connectivity index (χ4n) is 2.69. The first-order valence-corrected chi connectivity index (χ1v) is 7.71. The second-order valence-electron chi connectivity index (χ2n) is 5.85. The van der Waals surface area contributed by atoms with Gasteiger partial charge in [-0.05, 0) is 36.4 Å². The number of nitrogens with one attached hydrogen (secondary N) is 3. The van der Waals surface area contributed by atoms with Crippen molar-refractivity contribution in [1.29, 1.82) is 0 Å². The van der Waals surface area contributed by atoms with Crippen molar-refractivity contribution in [2.45, 2.75) is 18.9 Å².